The minimum atomic E-state index is -3.31. The predicted molar refractivity (Wildman–Crippen MR) is 90.4 cm³/mol. The van der Waals surface area contributed by atoms with Crippen LogP contribution < -0.4 is 0 Å². The van der Waals surface area contributed by atoms with Gasteiger partial charge in [-0.1, -0.05) is 44.2 Å². The van der Waals surface area contributed by atoms with Gasteiger partial charge in [-0.05, 0) is 16.5 Å². The van der Waals surface area contributed by atoms with Gasteiger partial charge in [-0.2, -0.15) is 5.10 Å². The van der Waals surface area contributed by atoms with Gasteiger partial charge in [-0.25, -0.2) is 12.7 Å². The first-order chi connectivity index (χ1) is 10.8. The van der Waals surface area contributed by atoms with Gasteiger partial charge in [0.25, 0.3) is 0 Å². The molecule has 0 aliphatic carbocycles. The van der Waals surface area contributed by atoms with E-state index in [1.165, 1.54) is 0 Å². The van der Waals surface area contributed by atoms with Crippen molar-refractivity contribution in [1.82, 2.24) is 14.1 Å². The molecule has 0 saturated carbocycles. The SMILES string of the molecule is Cn1cc(C2CN(S(=O)(=O)Cc3ccccc3)CC2(C)C)cn1. The summed E-state index contributed by atoms with van der Waals surface area (Å²) in [5.74, 6) is 0.227. The van der Waals surface area contributed by atoms with E-state index >= 15 is 0 Å². The first kappa shape index (κ1) is 16.2. The van der Waals surface area contributed by atoms with Gasteiger partial charge in [0.2, 0.25) is 10.0 Å². The summed E-state index contributed by atoms with van der Waals surface area (Å²) >= 11 is 0. The third-order valence-electron chi connectivity index (χ3n) is 4.63. The lowest BCUT2D eigenvalue weighted by Crippen LogP contribution is -2.31. The number of nitrogens with zero attached hydrogens (tertiary/aromatic N) is 3. The van der Waals surface area contributed by atoms with Gasteiger partial charge in [0.05, 0.1) is 11.9 Å². The summed E-state index contributed by atoms with van der Waals surface area (Å²) in [6.45, 7) is 5.32. The van der Waals surface area contributed by atoms with Crippen molar-refractivity contribution in [3.05, 3.63) is 53.9 Å². The predicted octanol–water partition coefficient (Wildman–Crippen LogP) is 2.38. The summed E-state index contributed by atoms with van der Waals surface area (Å²) in [5.41, 5.74) is 1.83. The highest BCUT2D eigenvalue weighted by Gasteiger charge is 2.44. The quantitative estimate of drug-likeness (QED) is 0.863. The molecule has 2 heterocycles. The van der Waals surface area contributed by atoms with Gasteiger partial charge in [0.15, 0.2) is 0 Å². The van der Waals surface area contributed by atoms with Crippen LogP contribution in [0.25, 0.3) is 0 Å². The Labute approximate surface area is 138 Å². The Morgan fingerprint density at radius 2 is 1.96 bits per heavy atom. The van der Waals surface area contributed by atoms with Crippen LogP contribution >= 0.6 is 0 Å². The van der Waals surface area contributed by atoms with E-state index in [-0.39, 0.29) is 17.1 Å². The molecule has 0 radical (unpaired) electrons. The Kier molecular flexibility index (Phi) is 4.06. The van der Waals surface area contributed by atoms with E-state index in [0.717, 1.165) is 11.1 Å². The van der Waals surface area contributed by atoms with Crippen LogP contribution in [0.3, 0.4) is 0 Å². The minimum Gasteiger partial charge on any atom is -0.276 e. The van der Waals surface area contributed by atoms with Gasteiger partial charge in [-0.3, -0.25) is 4.68 Å². The second-order valence-corrected chi connectivity index (χ2v) is 8.99. The molecule has 1 aliphatic rings. The van der Waals surface area contributed by atoms with Gasteiger partial charge in [0.1, 0.15) is 0 Å². The van der Waals surface area contributed by atoms with Gasteiger partial charge in [0, 0.05) is 32.3 Å². The maximum atomic E-state index is 12.8. The molecule has 0 bridgehead atoms. The van der Waals surface area contributed by atoms with E-state index in [1.807, 2.05) is 49.8 Å². The van der Waals surface area contributed by atoms with Crippen LogP contribution in [0.5, 0.6) is 0 Å². The molecular weight excluding hydrogens is 310 g/mol. The average molecular weight is 333 g/mol. The number of hydrogen-bond acceptors (Lipinski definition) is 3. The molecule has 1 unspecified atom stereocenters. The van der Waals surface area contributed by atoms with Crippen molar-refractivity contribution in [2.45, 2.75) is 25.5 Å². The number of sulfonamides is 1. The molecule has 1 aliphatic heterocycles. The highest BCUT2D eigenvalue weighted by atomic mass is 32.2. The molecule has 3 rings (SSSR count). The monoisotopic (exact) mass is 333 g/mol. The summed E-state index contributed by atoms with van der Waals surface area (Å²) in [6, 6.07) is 9.36. The Morgan fingerprint density at radius 3 is 2.57 bits per heavy atom. The van der Waals surface area contributed by atoms with Crippen LogP contribution in [0.1, 0.15) is 30.9 Å². The summed E-state index contributed by atoms with van der Waals surface area (Å²) in [7, 11) is -1.43. The Bertz CT molecular complexity index is 781. The highest BCUT2D eigenvalue weighted by molar-refractivity contribution is 7.88. The normalized spacial score (nSPS) is 21.6. The molecule has 0 spiro atoms. The first-order valence-electron chi connectivity index (χ1n) is 7.78. The molecule has 0 N–H and O–H groups in total. The lowest BCUT2D eigenvalue weighted by molar-refractivity contribution is 0.346. The van der Waals surface area contributed by atoms with Crippen molar-refractivity contribution >= 4 is 10.0 Å². The van der Waals surface area contributed by atoms with Crippen LogP contribution in [-0.2, 0) is 22.8 Å². The summed E-state index contributed by atoms with van der Waals surface area (Å²) in [4.78, 5) is 0. The van der Waals surface area contributed by atoms with E-state index in [4.69, 9.17) is 0 Å². The maximum Gasteiger partial charge on any atom is 0.218 e. The fraction of sp³-hybridized carbons (Fsp3) is 0.471. The van der Waals surface area contributed by atoms with Gasteiger partial charge in [-0.15, -0.1) is 0 Å². The smallest absolute Gasteiger partial charge is 0.218 e. The second kappa shape index (κ2) is 5.76. The molecule has 0 amide bonds. The van der Waals surface area contributed by atoms with E-state index < -0.39 is 10.0 Å². The van der Waals surface area contributed by atoms with Crippen molar-refractivity contribution in [3.63, 3.8) is 0 Å². The fourth-order valence-electron chi connectivity index (χ4n) is 3.34. The molecule has 2 aromatic rings. The van der Waals surface area contributed by atoms with Gasteiger partial charge >= 0.3 is 0 Å². The lowest BCUT2D eigenvalue weighted by Gasteiger charge is -2.24. The van der Waals surface area contributed by atoms with E-state index in [0.29, 0.717) is 13.1 Å². The summed E-state index contributed by atoms with van der Waals surface area (Å²) in [5, 5.41) is 4.23. The van der Waals surface area contributed by atoms with Crippen molar-refractivity contribution in [3.8, 4) is 0 Å². The molecule has 124 valence electrons. The van der Waals surface area contributed by atoms with Crippen LogP contribution in [0.4, 0.5) is 0 Å². The number of aryl methyl sites for hydroxylation is 1. The molecular formula is C17H23N3O2S. The molecule has 1 aromatic carbocycles. The largest absolute Gasteiger partial charge is 0.276 e. The number of rotatable bonds is 4. The Morgan fingerprint density at radius 1 is 1.26 bits per heavy atom. The molecule has 1 aromatic heterocycles. The number of aromatic nitrogens is 2. The lowest BCUT2D eigenvalue weighted by atomic mass is 9.79. The Hall–Kier alpha value is -1.66. The third kappa shape index (κ3) is 3.33. The molecule has 1 fully saturated rings. The standard InChI is InChI=1S/C17H23N3O2S/c1-17(2)13-20(11-16(17)15-9-18-19(3)10-15)23(21,22)12-14-7-5-4-6-8-14/h4-10,16H,11-13H2,1-3H3. The molecule has 1 atom stereocenters. The zero-order chi connectivity index (χ0) is 16.7. The summed E-state index contributed by atoms with van der Waals surface area (Å²) in [6.07, 6.45) is 3.83. The van der Waals surface area contributed by atoms with E-state index in [1.54, 1.807) is 8.99 Å². The van der Waals surface area contributed by atoms with Crippen molar-refractivity contribution in [2.24, 2.45) is 12.5 Å². The third-order valence-corrected chi connectivity index (χ3v) is 6.39. The van der Waals surface area contributed by atoms with E-state index in [9.17, 15) is 8.42 Å². The van der Waals surface area contributed by atoms with Crippen molar-refractivity contribution < 1.29 is 8.42 Å². The summed E-state index contributed by atoms with van der Waals surface area (Å²) < 4.78 is 29.0. The van der Waals surface area contributed by atoms with Gasteiger partial charge < -0.3 is 0 Å². The minimum absolute atomic E-state index is 0.0592. The molecule has 23 heavy (non-hydrogen) atoms. The molecule has 1 saturated heterocycles. The van der Waals surface area contributed by atoms with Crippen LogP contribution in [0.2, 0.25) is 0 Å². The number of hydrogen-bond donors (Lipinski definition) is 0. The highest BCUT2D eigenvalue weighted by Crippen LogP contribution is 2.43. The topological polar surface area (TPSA) is 55.2 Å². The fourth-order valence-corrected chi connectivity index (χ4v) is 5.05. The van der Waals surface area contributed by atoms with Crippen molar-refractivity contribution in [2.75, 3.05) is 13.1 Å². The number of benzene rings is 1. The molecule has 6 heteroatoms. The zero-order valence-corrected chi connectivity index (χ0v) is 14.6. The first-order valence-corrected chi connectivity index (χ1v) is 9.39. The zero-order valence-electron chi connectivity index (χ0n) is 13.8. The maximum absolute atomic E-state index is 12.8. The van der Waals surface area contributed by atoms with E-state index in [2.05, 4.69) is 18.9 Å². The second-order valence-electron chi connectivity index (χ2n) is 7.02. The van der Waals surface area contributed by atoms with Crippen LogP contribution in [0.15, 0.2) is 42.7 Å². The van der Waals surface area contributed by atoms with Crippen LogP contribution in [0, 0.1) is 5.41 Å². The Balaban J connectivity index is 1.82. The molecule has 5 nitrogen and oxygen atoms in total. The average Bonchev–Trinajstić information content (AvgIpc) is 3.02. The van der Waals surface area contributed by atoms with Crippen molar-refractivity contribution in [1.29, 1.82) is 0 Å². The van der Waals surface area contributed by atoms with Crippen LogP contribution in [-0.4, -0.2) is 35.6 Å².